The van der Waals surface area contributed by atoms with Crippen LogP contribution in [0.2, 0.25) is 0 Å². The van der Waals surface area contributed by atoms with Crippen molar-refractivity contribution in [2.24, 2.45) is 0 Å². The van der Waals surface area contributed by atoms with Crippen LogP contribution in [-0.4, -0.2) is 16.8 Å². The van der Waals surface area contributed by atoms with Crippen LogP contribution in [0.25, 0.3) is 0 Å². The summed E-state index contributed by atoms with van der Waals surface area (Å²) in [5.41, 5.74) is 1.34. The smallest absolute Gasteiger partial charge is 0.263 e. The van der Waals surface area contributed by atoms with Crippen LogP contribution < -0.4 is 10.6 Å². The number of thiazole rings is 1. The fraction of sp³-hybridized carbons (Fsp3) is 0.150. The first-order valence-electron chi connectivity index (χ1n) is 8.55. The third-order valence-corrected chi connectivity index (χ3v) is 5.08. The van der Waals surface area contributed by atoms with E-state index in [0.29, 0.717) is 15.6 Å². The van der Waals surface area contributed by atoms with Gasteiger partial charge in [0.2, 0.25) is 5.91 Å². The van der Waals surface area contributed by atoms with E-state index in [0.717, 1.165) is 29.0 Å². The van der Waals surface area contributed by atoms with Crippen molar-refractivity contribution in [2.45, 2.75) is 19.9 Å². The SMILES string of the molecule is Cc1nc(CC(=O)Nc2ccc(F)c(F)c2)sc1C(=O)NCc1ccc(F)cc1. The average molecular weight is 419 g/mol. The molecule has 2 aromatic carbocycles. The molecular formula is C20H16F3N3O2S. The average Bonchev–Trinajstić information content (AvgIpc) is 3.04. The van der Waals surface area contributed by atoms with Gasteiger partial charge < -0.3 is 10.6 Å². The number of amides is 2. The Balaban J connectivity index is 1.59. The molecule has 0 bridgehead atoms. The molecule has 0 radical (unpaired) electrons. The van der Waals surface area contributed by atoms with Crippen molar-refractivity contribution in [2.75, 3.05) is 5.32 Å². The number of hydrogen-bond acceptors (Lipinski definition) is 4. The minimum Gasteiger partial charge on any atom is -0.347 e. The van der Waals surface area contributed by atoms with E-state index in [1.165, 1.54) is 18.2 Å². The Labute approximate surface area is 168 Å². The second kappa shape index (κ2) is 8.87. The molecule has 150 valence electrons. The van der Waals surface area contributed by atoms with Crippen LogP contribution in [0.15, 0.2) is 42.5 Å². The zero-order chi connectivity index (χ0) is 21.0. The number of hydrogen-bond donors (Lipinski definition) is 2. The predicted molar refractivity (Wildman–Crippen MR) is 103 cm³/mol. The Morgan fingerprint density at radius 2 is 1.76 bits per heavy atom. The molecule has 1 heterocycles. The lowest BCUT2D eigenvalue weighted by Gasteiger charge is -2.04. The number of anilines is 1. The summed E-state index contributed by atoms with van der Waals surface area (Å²) in [4.78, 5) is 29.1. The van der Waals surface area contributed by atoms with Crippen LogP contribution in [-0.2, 0) is 17.8 Å². The summed E-state index contributed by atoms with van der Waals surface area (Å²) in [6.45, 7) is 1.88. The highest BCUT2D eigenvalue weighted by Gasteiger charge is 2.17. The summed E-state index contributed by atoms with van der Waals surface area (Å²) < 4.78 is 39.1. The Morgan fingerprint density at radius 3 is 2.45 bits per heavy atom. The van der Waals surface area contributed by atoms with Gasteiger partial charge in [-0.2, -0.15) is 0 Å². The molecule has 0 aliphatic heterocycles. The van der Waals surface area contributed by atoms with Crippen LogP contribution in [0, 0.1) is 24.4 Å². The predicted octanol–water partition coefficient (Wildman–Crippen LogP) is 3.98. The number of aromatic nitrogens is 1. The zero-order valence-corrected chi connectivity index (χ0v) is 16.1. The van der Waals surface area contributed by atoms with Gasteiger partial charge in [-0.05, 0) is 36.8 Å². The summed E-state index contributed by atoms with van der Waals surface area (Å²) in [6.07, 6.45) is -0.115. The first-order valence-corrected chi connectivity index (χ1v) is 9.37. The molecule has 3 rings (SSSR count). The molecule has 0 aliphatic carbocycles. The first kappa shape index (κ1) is 20.5. The monoisotopic (exact) mass is 419 g/mol. The van der Waals surface area contributed by atoms with E-state index in [-0.39, 0.29) is 30.4 Å². The molecule has 0 aliphatic rings. The molecule has 0 atom stereocenters. The van der Waals surface area contributed by atoms with E-state index in [4.69, 9.17) is 0 Å². The van der Waals surface area contributed by atoms with E-state index in [2.05, 4.69) is 15.6 Å². The number of carbonyl (C=O) groups is 2. The van der Waals surface area contributed by atoms with E-state index in [9.17, 15) is 22.8 Å². The van der Waals surface area contributed by atoms with Gasteiger partial charge in [-0.1, -0.05) is 12.1 Å². The Bertz CT molecular complexity index is 1050. The normalized spacial score (nSPS) is 10.6. The number of carbonyl (C=O) groups excluding carboxylic acids is 2. The molecule has 0 fully saturated rings. The number of nitrogens with zero attached hydrogens (tertiary/aromatic N) is 1. The highest BCUT2D eigenvalue weighted by atomic mass is 32.1. The number of benzene rings is 2. The van der Waals surface area contributed by atoms with Gasteiger partial charge in [-0.15, -0.1) is 11.3 Å². The molecule has 3 aromatic rings. The highest BCUT2D eigenvalue weighted by molar-refractivity contribution is 7.13. The van der Waals surface area contributed by atoms with Gasteiger partial charge in [0.25, 0.3) is 5.91 Å². The van der Waals surface area contributed by atoms with Gasteiger partial charge in [-0.25, -0.2) is 18.2 Å². The topological polar surface area (TPSA) is 71.1 Å². The van der Waals surface area contributed by atoms with Crippen LogP contribution in [0.4, 0.5) is 18.9 Å². The highest BCUT2D eigenvalue weighted by Crippen LogP contribution is 2.20. The van der Waals surface area contributed by atoms with Crippen molar-refractivity contribution in [3.8, 4) is 0 Å². The second-order valence-electron chi connectivity index (χ2n) is 6.19. The number of halogens is 3. The molecule has 1 aromatic heterocycles. The van der Waals surface area contributed by atoms with Gasteiger partial charge in [0, 0.05) is 18.3 Å². The van der Waals surface area contributed by atoms with Crippen molar-refractivity contribution < 1.29 is 22.8 Å². The van der Waals surface area contributed by atoms with Gasteiger partial charge in [0.05, 0.1) is 12.1 Å². The molecule has 29 heavy (non-hydrogen) atoms. The van der Waals surface area contributed by atoms with E-state index in [1.54, 1.807) is 19.1 Å². The molecule has 0 saturated heterocycles. The Hall–Kier alpha value is -3.20. The minimum absolute atomic E-state index is 0.115. The third kappa shape index (κ3) is 5.41. The lowest BCUT2D eigenvalue weighted by atomic mass is 10.2. The van der Waals surface area contributed by atoms with Crippen LogP contribution in [0.5, 0.6) is 0 Å². The number of rotatable bonds is 6. The lowest BCUT2D eigenvalue weighted by Crippen LogP contribution is -2.22. The first-order chi connectivity index (χ1) is 13.8. The fourth-order valence-electron chi connectivity index (χ4n) is 2.52. The summed E-state index contributed by atoms with van der Waals surface area (Å²) in [5, 5.41) is 5.59. The summed E-state index contributed by atoms with van der Waals surface area (Å²) in [7, 11) is 0. The maximum absolute atomic E-state index is 13.2. The third-order valence-electron chi connectivity index (χ3n) is 3.93. The van der Waals surface area contributed by atoms with Gasteiger partial charge in [-0.3, -0.25) is 9.59 Å². The van der Waals surface area contributed by atoms with E-state index >= 15 is 0 Å². The molecule has 0 saturated carbocycles. The fourth-order valence-corrected chi connectivity index (χ4v) is 3.50. The number of nitrogens with one attached hydrogen (secondary N) is 2. The summed E-state index contributed by atoms with van der Waals surface area (Å²) >= 11 is 1.07. The van der Waals surface area contributed by atoms with Gasteiger partial charge in [0.15, 0.2) is 11.6 Å². The summed E-state index contributed by atoms with van der Waals surface area (Å²) in [5.74, 6) is -3.24. The lowest BCUT2D eigenvalue weighted by molar-refractivity contribution is -0.115. The molecule has 5 nitrogen and oxygen atoms in total. The molecule has 2 amide bonds. The molecule has 2 N–H and O–H groups in total. The van der Waals surface area contributed by atoms with Gasteiger partial charge >= 0.3 is 0 Å². The standard InChI is InChI=1S/C20H16F3N3O2S/c1-11-19(20(28)24-10-12-2-4-13(21)5-3-12)29-18(25-11)9-17(27)26-14-6-7-15(22)16(23)8-14/h2-8H,9-10H2,1H3,(H,24,28)(H,26,27). The van der Waals surface area contributed by atoms with Crippen LogP contribution >= 0.6 is 11.3 Å². The maximum Gasteiger partial charge on any atom is 0.263 e. The molecule has 0 spiro atoms. The van der Waals surface area contributed by atoms with Crippen molar-refractivity contribution >= 4 is 28.8 Å². The van der Waals surface area contributed by atoms with E-state index < -0.39 is 17.5 Å². The van der Waals surface area contributed by atoms with Gasteiger partial charge in [0.1, 0.15) is 15.7 Å². The maximum atomic E-state index is 13.2. The van der Waals surface area contributed by atoms with Crippen molar-refractivity contribution in [3.63, 3.8) is 0 Å². The van der Waals surface area contributed by atoms with E-state index in [1.807, 2.05) is 0 Å². The Morgan fingerprint density at radius 1 is 1.03 bits per heavy atom. The molecule has 0 unspecified atom stereocenters. The molecular weight excluding hydrogens is 403 g/mol. The molecule has 9 heteroatoms. The summed E-state index contributed by atoms with van der Waals surface area (Å²) in [6, 6.07) is 8.81. The van der Waals surface area contributed by atoms with Crippen LogP contribution in [0.3, 0.4) is 0 Å². The van der Waals surface area contributed by atoms with Crippen molar-refractivity contribution in [3.05, 3.63) is 81.1 Å². The Kier molecular flexibility index (Phi) is 6.28. The largest absolute Gasteiger partial charge is 0.347 e. The van der Waals surface area contributed by atoms with Crippen molar-refractivity contribution in [1.29, 1.82) is 0 Å². The minimum atomic E-state index is -1.06. The van der Waals surface area contributed by atoms with Crippen LogP contribution in [0.1, 0.15) is 25.9 Å². The zero-order valence-electron chi connectivity index (χ0n) is 15.3. The number of aryl methyl sites for hydroxylation is 1. The quantitative estimate of drug-likeness (QED) is 0.635. The second-order valence-corrected chi connectivity index (χ2v) is 7.27. The van der Waals surface area contributed by atoms with Crippen molar-refractivity contribution in [1.82, 2.24) is 10.3 Å².